The number of H-pyrrole nitrogens is 1. The molecule has 1 fully saturated rings. The first kappa shape index (κ1) is 13.6. The SMILES string of the molecule is O=C([C@H]1CCc2ccccc21)N1CCC[C@@H](c2ccn[nH]2)C1. The predicted octanol–water partition coefficient (Wildman–Crippen LogP) is 2.85. The number of benzene rings is 1. The maximum atomic E-state index is 13.0. The molecule has 2 heterocycles. The Morgan fingerprint density at radius 3 is 3.00 bits per heavy atom. The number of amides is 1. The first-order chi connectivity index (χ1) is 10.8. The van der Waals surface area contributed by atoms with E-state index in [1.807, 2.05) is 12.1 Å². The van der Waals surface area contributed by atoms with Crippen molar-refractivity contribution in [3.8, 4) is 0 Å². The van der Waals surface area contributed by atoms with E-state index in [1.165, 1.54) is 11.1 Å². The number of hydrogen-bond donors (Lipinski definition) is 1. The van der Waals surface area contributed by atoms with Gasteiger partial charge in [0.25, 0.3) is 0 Å². The Labute approximate surface area is 130 Å². The van der Waals surface area contributed by atoms with Crippen LogP contribution in [0.4, 0.5) is 0 Å². The monoisotopic (exact) mass is 295 g/mol. The van der Waals surface area contributed by atoms with Crippen LogP contribution in [0, 0.1) is 0 Å². The number of hydrogen-bond acceptors (Lipinski definition) is 2. The Morgan fingerprint density at radius 1 is 1.23 bits per heavy atom. The van der Waals surface area contributed by atoms with Crippen molar-refractivity contribution < 1.29 is 4.79 Å². The van der Waals surface area contributed by atoms with E-state index in [4.69, 9.17) is 0 Å². The average molecular weight is 295 g/mol. The van der Waals surface area contributed by atoms with E-state index in [-0.39, 0.29) is 5.92 Å². The first-order valence-corrected chi connectivity index (χ1v) is 8.19. The number of rotatable bonds is 2. The predicted molar refractivity (Wildman–Crippen MR) is 84.6 cm³/mol. The van der Waals surface area contributed by atoms with Gasteiger partial charge < -0.3 is 4.90 Å². The van der Waals surface area contributed by atoms with Crippen LogP contribution in [0.25, 0.3) is 0 Å². The molecule has 0 saturated carbocycles. The maximum Gasteiger partial charge on any atom is 0.230 e. The fourth-order valence-corrected chi connectivity index (χ4v) is 3.96. The molecule has 0 spiro atoms. The molecule has 1 aromatic carbocycles. The molecule has 1 N–H and O–H groups in total. The lowest BCUT2D eigenvalue weighted by molar-refractivity contribution is -0.134. The smallest absolute Gasteiger partial charge is 0.230 e. The van der Waals surface area contributed by atoms with Crippen LogP contribution in [-0.4, -0.2) is 34.1 Å². The number of aromatic nitrogens is 2. The Hall–Kier alpha value is -2.10. The van der Waals surface area contributed by atoms with Crippen molar-refractivity contribution in [2.75, 3.05) is 13.1 Å². The molecule has 4 heteroatoms. The molecule has 0 radical (unpaired) electrons. The lowest BCUT2D eigenvalue weighted by Crippen LogP contribution is -2.41. The van der Waals surface area contributed by atoms with Crippen LogP contribution in [0.5, 0.6) is 0 Å². The molecule has 4 nitrogen and oxygen atoms in total. The number of aromatic amines is 1. The van der Waals surface area contributed by atoms with E-state index < -0.39 is 0 Å². The third-order valence-corrected chi connectivity index (χ3v) is 5.13. The van der Waals surface area contributed by atoms with Crippen molar-refractivity contribution in [2.24, 2.45) is 0 Å². The third kappa shape index (κ3) is 2.32. The largest absolute Gasteiger partial charge is 0.342 e. The quantitative estimate of drug-likeness (QED) is 0.926. The Kier molecular flexibility index (Phi) is 3.45. The average Bonchev–Trinajstić information content (AvgIpc) is 3.24. The lowest BCUT2D eigenvalue weighted by atomic mass is 9.92. The zero-order valence-electron chi connectivity index (χ0n) is 12.7. The van der Waals surface area contributed by atoms with Gasteiger partial charge in [-0.05, 0) is 42.9 Å². The summed E-state index contributed by atoms with van der Waals surface area (Å²) in [5.41, 5.74) is 3.75. The number of carbonyl (C=O) groups excluding carboxylic acids is 1. The summed E-state index contributed by atoms with van der Waals surface area (Å²) in [6.07, 6.45) is 5.99. The molecule has 1 aromatic heterocycles. The van der Waals surface area contributed by atoms with Gasteiger partial charge in [0.15, 0.2) is 0 Å². The molecule has 1 aliphatic heterocycles. The van der Waals surface area contributed by atoms with Crippen molar-refractivity contribution in [3.63, 3.8) is 0 Å². The maximum absolute atomic E-state index is 13.0. The molecule has 114 valence electrons. The van der Waals surface area contributed by atoms with E-state index in [0.717, 1.165) is 44.5 Å². The normalized spacial score (nSPS) is 24.3. The second kappa shape index (κ2) is 5.59. The molecule has 2 atom stereocenters. The summed E-state index contributed by atoms with van der Waals surface area (Å²) in [4.78, 5) is 15.0. The summed E-state index contributed by atoms with van der Waals surface area (Å²) in [6.45, 7) is 1.71. The van der Waals surface area contributed by atoms with Crippen LogP contribution in [0.15, 0.2) is 36.5 Å². The number of fused-ring (bicyclic) bond motifs is 1. The fourth-order valence-electron chi connectivity index (χ4n) is 3.96. The second-order valence-electron chi connectivity index (χ2n) is 6.43. The highest BCUT2D eigenvalue weighted by Crippen LogP contribution is 2.36. The number of nitrogens with zero attached hydrogens (tertiary/aromatic N) is 2. The van der Waals surface area contributed by atoms with Crippen LogP contribution in [0.3, 0.4) is 0 Å². The van der Waals surface area contributed by atoms with Gasteiger partial charge in [0.2, 0.25) is 5.91 Å². The highest BCUT2D eigenvalue weighted by molar-refractivity contribution is 5.85. The molecular weight excluding hydrogens is 274 g/mol. The molecule has 2 aromatic rings. The summed E-state index contributed by atoms with van der Waals surface area (Å²) in [5.74, 6) is 0.780. The zero-order valence-corrected chi connectivity index (χ0v) is 12.7. The van der Waals surface area contributed by atoms with Gasteiger partial charge in [-0.25, -0.2) is 0 Å². The van der Waals surface area contributed by atoms with Crippen molar-refractivity contribution in [3.05, 3.63) is 53.3 Å². The summed E-state index contributed by atoms with van der Waals surface area (Å²) in [7, 11) is 0. The molecular formula is C18H21N3O. The molecule has 1 aliphatic carbocycles. The number of carbonyl (C=O) groups is 1. The number of piperidine rings is 1. The number of likely N-dealkylation sites (tertiary alicyclic amines) is 1. The van der Waals surface area contributed by atoms with Crippen LogP contribution in [0.2, 0.25) is 0 Å². The highest BCUT2D eigenvalue weighted by atomic mass is 16.2. The zero-order chi connectivity index (χ0) is 14.9. The van der Waals surface area contributed by atoms with Gasteiger partial charge in [0, 0.05) is 30.9 Å². The molecule has 1 amide bonds. The summed E-state index contributed by atoms with van der Waals surface area (Å²) < 4.78 is 0. The van der Waals surface area contributed by atoms with Gasteiger partial charge in [-0.3, -0.25) is 9.89 Å². The molecule has 22 heavy (non-hydrogen) atoms. The minimum absolute atomic E-state index is 0.0664. The van der Waals surface area contributed by atoms with E-state index in [2.05, 4.69) is 33.3 Å². The molecule has 0 bridgehead atoms. The molecule has 2 aliphatic rings. The van der Waals surface area contributed by atoms with Gasteiger partial charge in [-0.15, -0.1) is 0 Å². The van der Waals surface area contributed by atoms with E-state index >= 15 is 0 Å². The van der Waals surface area contributed by atoms with Gasteiger partial charge in [0.1, 0.15) is 0 Å². The van der Waals surface area contributed by atoms with Gasteiger partial charge in [0.05, 0.1) is 5.92 Å². The van der Waals surface area contributed by atoms with Crippen molar-refractivity contribution >= 4 is 5.91 Å². The Bertz CT molecular complexity index is 665. The topological polar surface area (TPSA) is 49.0 Å². The van der Waals surface area contributed by atoms with Gasteiger partial charge in [-0.1, -0.05) is 24.3 Å². The summed E-state index contributed by atoms with van der Waals surface area (Å²) >= 11 is 0. The standard InChI is InChI=1S/C18H21N3O/c22-18(16-8-7-13-4-1-2-6-15(13)16)21-11-3-5-14(12-21)17-9-10-19-20-17/h1-2,4,6,9-10,14,16H,3,5,7-8,11-12H2,(H,19,20)/t14-,16+/m1/s1. The minimum Gasteiger partial charge on any atom is -0.342 e. The van der Waals surface area contributed by atoms with E-state index in [0.29, 0.717) is 11.8 Å². The number of nitrogens with one attached hydrogen (secondary N) is 1. The third-order valence-electron chi connectivity index (χ3n) is 5.13. The Morgan fingerprint density at radius 2 is 2.14 bits per heavy atom. The van der Waals surface area contributed by atoms with Gasteiger partial charge >= 0.3 is 0 Å². The lowest BCUT2D eigenvalue weighted by Gasteiger charge is -2.34. The minimum atomic E-state index is 0.0664. The van der Waals surface area contributed by atoms with Crippen molar-refractivity contribution in [1.82, 2.24) is 15.1 Å². The Balaban J connectivity index is 1.51. The van der Waals surface area contributed by atoms with Crippen LogP contribution < -0.4 is 0 Å². The first-order valence-electron chi connectivity index (χ1n) is 8.19. The van der Waals surface area contributed by atoms with Crippen molar-refractivity contribution in [1.29, 1.82) is 0 Å². The molecule has 0 unspecified atom stereocenters. The highest BCUT2D eigenvalue weighted by Gasteiger charge is 2.34. The molecule has 1 saturated heterocycles. The van der Waals surface area contributed by atoms with Crippen LogP contribution >= 0.6 is 0 Å². The van der Waals surface area contributed by atoms with Crippen molar-refractivity contribution in [2.45, 2.75) is 37.5 Å². The fraction of sp³-hybridized carbons (Fsp3) is 0.444. The summed E-state index contributed by atoms with van der Waals surface area (Å²) in [5, 5.41) is 7.11. The van der Waals surface area contributed by atoms with E-state index in [9.17, 15) is 4.79 Å². The summed E-state index contributed by atoms with van der Waals surface area (Å²) in [6, 6.07) is 10.4. The molecule has 4 rings (SSSR count). The van der Waals surface area contributed by atoms with E-state index in [1.54, 1.807) is 6.20 Å². The number of aryl methyl sites for hydroxylation is 1. The van der Waals surface area contributed by atoms with Crippen LogP contribution in [-0.2, 0) is 11.2 Å². The second-order valence-corrected chi connectivity index (χ2v) is 6.43. The van der Waals surface area contributed by atoms with Crippen LogP contribution in [0.1, 0.15) is 47.9 Å². The van der Waals surface area contributed by atoms with Gasteiger partial charge in [-0.2, -0.15) is 5.10 Å².